The lowest BCUT2D eigenvalue weighted by Crippen LogP contribution is -2.24. The van der Waals surface area contributed by atoms with E-state index in [1.54, 1.807) is 12.1 Å². The molecule has 3 N–H and O–H groups in total. The van der Waals surface area contributed by atoms with Gasteiger partial charge in [0, 0.05) is 11.9 Å². The smallest absolute Gasteiger partial charge is 0.335 e. The lowest BCUT2D eigenvalue weighted by molar-refractivity contribution is 0.0697. The average Bonchev–Trinajstić information content (AvgIpc) is 2.91. The molecule has 2 aromatic rings. The Morgan fingerprint density at radius 1 is 1.39 bits per heavy atom. The molecule has 3 rings (SSSR count). The Balaban J connectivity index is 1.91. The Morgan fingerprint density at radius 2 is 2.28 bits per heavy atom. The maximum atomic E-state index is 10.9. The second-order valence-corrected chi connectivity index (χ2v) is 4.15. The van der Waals surface area contributed by atoms with E-state index in [9.17, 15) is 4.79 Å². The van der Waals surface area contributed by atoms with E-state index in [0.29, 0.717) is 18.0 Å². The Hall–Kier alpha value is -2.43. The average molecular weight is 244 g/mol. The third-order valence-electron chi connectivity index (χ3n) is 2.96. The van der Waals surface area contributed by atoms with Crippen LogP contribution in [-0.2, 0) is 0 Å². The zero-order valence-corrected chi connectivity index (χ0v) is 9.51. The number of anilines is 1. The number of benzene rings is 1. The van der Waals surface area contributed by atoms with E-state index in [4.69, 9.17) is 9.84 Å². The molecule has 5 heteroatoms. The Labute approximate surface area is 103 Å². The maximum absolute atomic E-state index is 10.9. The van der Waals surface area contributed by atoms with Crippen LogP contribution in [0.2, 0.25) is 0 Å². The number of carboxylic acid groups (broad SMARTS) is 1. The number of aromatic carboxylic acids is 1. The van der Waals surface area contributed by atoms with E-state index in [-0.39, 0.29) is 11.6 Å². The Morgan fingerprint density at radius 3 is 3.00 bits per heavy atom. The number of aromatic amines is 1. The minimum absolute atomic E-state index is 0.0107. The molecule has 0 radical (unpaired) electrons. The van der Waals surface area contributed by atoms with Crippen molar-refractivity contribution in [2.75, 3.05) is 11.9 Å². The lowest BCUT2D eigenvalue weighted by atomic mass is 10.1. The molecule has 1 aliphatic heterocycles. The van der Waals surface area contributed by atoms with Crippen LogP contribution in [0, 0.1) is 0 Å². The van der Waals surface area contributed by atoms with Crippen molar-refractivity contribution >= 4 is 11.7 Å². The molecule has 0 saturated heterocycles. The number of carbonyl (C=O) groups is 1. The largest absolute Gasteiger partial charge is 0.489 e. The van der Waals surface area contributed by atoms with Gasteiger partial charge < -0.3 is 20.1 Å². The molecule has 0 amide bonds. The highest BCUT2D eigenvalue weighted by atomic mass is 16.5. The van der Waals surface area contributed by atoms with E-state index >= 15 is 0 Å². The third kappa shape index (κ3) is 1.79. The summed E-state index contributed by atoms with van der Waals surface area (Å²) in [5.74, 6) is -0.260. The van der Waals surface area contributed by atoms with Gasteiger partial charge in [-0.25, -0.2) is 4.79 Å². The lowest BCUT2D eigenvalue weighted by Gasteiger charge is -2.27. The van der Waals surface area contributed by atoms with Crippen LogP contribution in [0.25, 0.3) is 0 Å². The fourth-order valence-electron chi connectivity index (χ4n) is 2.03. The quantitative estimate of drug-likeness (QED) is 0.757. The van der Waals surface area contributed by atoms with Crippen LogP contribution < -0.4 is 10.1 Å². The zero-order valence-electron chi connectivity index (χ0n) is 9.51. The topological polar surface area (TPSA) is 74.4 Å². The number of nitrogens with one attached hydrogen (secondary N) is 2. The number of H-pyrrole nitrogens is 1. The predicted octanol–water partition coefficient (Wildman–Crippen LogP) is 2.26. The Bertz CT molecular complexity index is 578. The highest BCUT2D eigenvalue weighted by Gasteiger charge is 2.21. The Kier molecular flexibility index (Phi) is 2.44. The van der Waals surface area contributed by atoms with Gasteiger partial charge >= 0.3 is 5.97 Å². The van der Waals surface area contributed by atoms with Gasteiger partial charge in [0.1, 0.15) is 18.4 Å². The molecule has 18 heavy (non-hydrogen) atoms. The van der Waals surface area contributed by atoms with Crippen molar-refractivity contribution in [1.82, 2.24) is 4.98 Å². The fourth-order valence-corrected chi connectivity index (χ4v) is 2.03. The van der Waals surface area contributed by atoms with Gasteiger partial charge in [-0.05, 0) is 30.3 Å². The molecular weight excluding hydrogens is 232 g/mol. The molecule has 1 aromatic carbocycles. The summed E-state index contributed by atoms with van der Waals surface area (Å²) in [6.07, 6.45) is 1.85. The molecule has 2 heterocycles. The number of hydrogen-bond donors (Lipinski definition) is 3. The van der Waals surface area contributed by atoms with Crippen molar-refractivity contribution in [2.24, 2.45) is 0 Å². The molecule has 0 aliphatic carbocycles. The van der Waals surface area contributed by atoms with Gasteiger partial charge in [0.2, 0.25) is 0 Å². The van der Waals surface area contributed by atoms with E-state index in [0.717, 1.165) is 5.69 Å². The first kappa shape index (κ1) is 10.7. The molecule has 0 bridgehead atoms. The fraction of sp³-hybridized carbons (Fsp3) is 0.154. The molecular formula is C13H12N2O3. The van der Waals surface area contributed by atoms with Gasteiger partial charge in [-0.1, -0.05) is 0 Å². The van der Waals surface area contributed by atoms with Gasteiger partial charge in [-0.15, -0.1) is 0 Å². The summed E-state index contributed by atoms with van der Waals surface area (Å²) in [5.41, 5.74) is 1.97. The van der Waals surface area contributed by atoms with E-state index < -0.39 is 5.97 Å². The van der Waals surface area contributed by atoms with Crippen LogP contribution in [-0.4, -0.2) is 22.7 Å². The van der Waals surface area contributed by atoms with Crippen molar-refractivity contribution in [1.29, 1.82) is 0 Å². The number of rotatable bonds is 2. The van der Waals surface area contributed by atoms with Crippen LogP contribution in [0.3, 0.4) is 0 Å². The minimum Gasteiger partial charge on any atom is -0.489 e. The molecule has 0 spiro atoms. The van der Waals surface area contributed by atoms with E-state index in [1.807, 2.05) is 18.3 Å². The standard InChI is InChI=1S/C13H12N2O3/c16-13(17)8-3-4-12-10(6-8)15-11(7-18-12)9-2-1-5-14-9/h1-6,11,14-15H,7H2,(H,16,17). The molecule has 1 unspecified atom stereocenters. The van der Waals surface area contributed by atoms with Gasteiger partial charge in [0.15, 0.2) is 0 Å². The number of ether oxygens (including phenoxy) is 1. The highest BCUT2D eigenvalue weighted by molar-refractivity contribution is 5.89. The molecule has 1 aliphatic rings. The minimum atomic E-state index is -0.943. The molecule has 92 valence electrons. The van der Waals surface area contributed by atoms with Crippen LogP contribution in [0.1, 0.15) is 22.1 Å². The summed E-state index contributed by atoms with van der Waals surface area (Å²) in [7, 11) is 0. The summed E-state index contributed by atoms with van der Waals surface area (Å²) >= 11 is 0. The first-order valence-corrected chi connectivity index (χ1v) is 5.64. The normalized spacial score (nSPS) is 17.4. The van der Waals surface area contributed by atoms with Crippen molar-refractivity contribution in [3.63, 3.8) is 0 Å². The van der Waals surface area contributed by atoms with Crippen molar-refractivity contribution in [2.45, 2.75) is 6.04 Å². The van der Waals surface area contributed by atoms with Gasteiger partial charge in [0.25, 0.3) is 0 Å². The molecule has 5 nitrogen and oxygen atoms in total. The van der Waals surface area contributed by atoms with Gasteiger partial charge in [-0.3, -0.25) is 0 Å². The highest BCUT2D eigenvalue weighted by Crippen LogP contribution is 2.33. The van der Waals surface area contributed by atoms with Crippen LogP contribution >= 0.6 is 0 Å². The molecule has 0 saturated carbocycles. The van der Waals surface area contributed by atoms with E-state index in [1.165, 1.54) is 6.07 Å². The second-order valence-electron chi connectivity index (χ2n) is 4.15. The van der Waals surface area contributed by atoms with Crippen LogP contribution in [0.4, 0.5) is 5.69 Å². The second kappa shape index (κ2) is 4.10. The van der Waals surface area contributed by atoms with Gasteiger partial charge in [-0.2, -0.15) is 0 Å². The summed E-state index contributed by atoms with van der Waals surface area (Å²) < 4.78 is 5.62. The number of carboxylic acids is 1. The van der Waals surface area contributed by atoms with Crippen molar-refractivity contribution < 1.29 is 14.6 Å². The van der Waals surface area contributed by atoms with Crippen LogP contribution in [0.5, 0.6) is 5.75 Å². The van der Waals surface area contributed by atoms with Crippen molar-refractivity contribution in [3.05, 3.63) is 47.8 Å². The summed E-state index contributed by atoms with van der Waals surface area (Å²) in [6.45, 7) is 0.514. The first-order chi connectivity index (χ1) is 8.74. The molecule has 0 fully saturated rings. The van der Waals surface area contributed by atoms with Crippen molar-refractivity contribution in [3.8, 4) is 5.75 Å². The molecule has 1 atom stereocenters. The predicted molar refractivity (Wildman–Crippen MR) is 66.1 cm³/mol. The van der Waals surface area contributed by atoms with E-state index in [2.05, 4.69) is 10.3 Å². The summed E-state index contributed by atoms with van der Waals surface area (Å²) in [4.78, 5) is 14.0. The number of aromatic nitrogens is 1. The first-order valence-electron chi connectivity index (χ1n) is 5.64. The van der Waals surface area contributed by atoms with Gasteiger partial charge in [0.05, 0.1) is 11.3 Å². The summed E-state index contributed by atoms with van der Waals surface area (Å²) in [6, 6.07) is 8.70. The summed E-state index contributed by atoms with van der Waals surface area (Å²) in [5, 5.41) is 12.2. The molecule has 1 aromatic heterocycles. The third-order valence-corrected chi connectivity index (χ3v) is 2.96. The zero-order chi connectivity index (χ0) is 12.5. The number of fused-ring (bicyclic) bond motifs is 1. The monoisotopic (exact) mass is 244 g/mol. The number of hydrogen-bond acceptors (Lipinski definition) is 3. The maximum Gasteiger partial charge on any atom is 0.335 e. The SMILES string of the molecule is O=C(O)c1ccc2c(c1)NC(c1ccc[nH]1)CO2. The van der Waals surface area contributed by atoms with Crippen LogP contribution in [0.15, 0.2) is 36.5 Å².